The Bertz CT molecular complexity index is 632. The molecule has 1 aromatic heterocycles. The monoisotopic (exact) mass is 351 g/mol. The lowest BCUT2D eigenvalue weighted by Gasteiger charge is -2.31. The van der Waals surface area contributed by atoms with Crippen LogP contribution in [-0.4, -0.2) is 58.6 Å². The van der Waals surface area contributed by atoms with Crippen molar-refractivity contribution < 1.29 is 22.7 Å². The van der Waals surface area contributed by atoms with Crippen LogP contribution in [0.15, 0.2) is 4.79 Å². The summed E-state index contributed by atoms with van der Waals surface area (Å²) in [6.07, 6.45) is -3.95. The van der Waals surface area contributed by atoms with Crippen LogP contribution in [0.4, 0.5) is 18.0 Å². The second-order valence-corrected chi connectivity index (χ2v) is 5.55. The summed E-state index contributed by atoms with van der Waals surface area (Å²) in [5.41, 5.74) is -0.801. The number of piperidine rings is 1. The number of nitrogens with one attached hydrogen (secondary N) is 1. The molecule has 1 saturated heterocycles. The third-order valence-corrected chi connectivity index (χ3v) is 3.94. The zero-order valence-electron chi connectivity index (χ0n) is 13.5. The molecule has 8 nitrogen and oxygen atoms in total. The number of halogens is 3. The van der Waals surface area contributed by atoms with E-state index in [4.69, 9.17) is 4.74 Å². The summed E-state index contributed by atoms with van der Waals surface area (Å²) in [5, 5.41) is 6.12. The van der Waals surface area contributed by atoms with Gasteiger partial charge in [0, 0.05) is 33.8 Å². The Kier molecular flexibility index (Phi) is 5.52. The normalized spacial score (nSPS) is 16.5. The van der Waals surface area contributed by atoms with E-state index in [0.717, 1.165) is 11.7 Å². The molecule has 0 atom stereocenters. The fourth-order valence-electron chi connectivity index (χ4n) is 2.63. The Morgan fingerprint density at radius 1 is 1.38 bits per heavy atom. The largest absolute Gasteiger partial charge is 0.451 e. The first-order chi connectivity index (χ1) is 11.3. The molecular weight excluding hydrogens is 331 g/mol. The van der Waals surface area contributed by atoms with Gasteiger partial charge < -0.3 is 15.0 Å². The molecule has 0 unspecified atom stereocenters. The molecule has 0 aromatic carbocycles. The van der Waals surface area contributed by atoms with Crippen molar-refractivity contribution in [2.24, 2.45) is 7.05 Å². The summed E-state index contributed by atoms with van der Waals surface area (Å²) in [4.78, 5) is 25.4. The summed E-state index contributed by atoms with van der Waals surface area (Å²) in [6.45, 7) is 1.46. The van der Waals surface area contributed by atoms with Gasteiger partial charge in [-0.1, -0.05) is 0 Å². The number of urea groups is 1. The van der Waals surface area contributed by atoms with Crippen molar-refractivity contribution in [2.75, 3.05) is 33.4 Å². The van der Waals surface area contributed by atoms with Gasteiger partial charge in [0.05, 0.1) is 12.6 Å². The van der Waals surface area contributed by atoms with Crippen molar-refractivity contribution in [3.63, 3.8) is 0 Å². The van der Waals surface area contributed by atoms with E-state index in [1.807, 2.05) is 0 Å². The maximum absolute atomic E-state index is 12.8. The van der Waals surface area contributed by atoms with E-state index >= 15 is 0 Å². The summed E-state index contributed by atoms with van der Waals surface area (Å²) >= 11 is 0. The zero-order chi connectivity index (χ0) is 17.9. The SMILES string of the molecule is COCCNC(=O)N1CCC(n2nc(C(F)(F)F)n(C)c2=O)CC1. The van der Waals surface area contributed by atoms with Gasteiger partial charge >= 0.3 is 17.9 Å². The number of rotatable bonds is 4. The van der Waals surface area contributed by atoms with Crippen molar-refractivity contribution in [1.29, 1.82) is 0 Å². The number of hydrogen-bond donors (Lipinski definition) is 1. The number of hydrogen-bond acceptors (Lipinski definition) is 4. The number of carbonyl (C=O) groups excluding carboxylic acids is 1. The number of nitrogens with zero attached hydrogens (tertiary/aromatic N) is 4. The van der Waals surface area contributed by atoms with Crippen molar-refractivity contribution in [3.05, 3.63) is 16.3 Å². The highest BCUT2D eigenvalue weighted by Crippen LogP contribution is 2.28. The van der Waals surface area contributed by atoms with Gasteiger partial charge in [0.2, 0.25) is 5.82 Å². The number of alkyl halides is 3. The number of methoxy groups -OCH3 is 1. The molecule has 24 heavy (non-hydrogen) atoms. The van der Waals surface area contributed by atoms with Gasteiger partial charge in [0.15, 0.2) is 0 Å². The molecule has 1 N–H and O–H groups in total. The average Bonchev–Trinajstić information content (AvgIpc) is 2.83. The lowest BCUT2D eigenvalue weighted by atomic mass is 10.1. The highest BCUT2D eigenvalue weighted by atomic mass is 19.4. The van der Waals surface area contributed by atoms with Gasteiger partial charge in [-0.25, -0.2) is 14.3 Å². The Morgan fingerprint density at radius 2 is 2.00 bits per heavy atom. The van der Waals surface area contributed by atoms with Gasteiger partial charge in [-0.05, 0) is 12.8 Å². The Labute approximate surface area is 136 Å². The quantitative estimate of drug-likeness (QED) is 0.806. The molecule has 0 saturated carbocycles. The fourth-order valence-corrected chi connectivity index (χ4v) is 2.63. The van der Waals surface area contributed by atoms with Crippen LogP contribution in [0.5, 0.6) is 0 Å². The second kappa shape index (κ2) is 7.24. The molecule has 1 aliphatic heterocycles. The Balaban J connectivity index is 2.00. The third-order valence-electron chi connectivity index (χ3n) is 3.94. The number of aromatic nitrogens is 3. The Hall–Kier alpha value is -2.04. The highest BCUT2D eigenvalue weighted by Gasteiger charge is 2.39. The Morgan fingerprint density at radius 3 is 2.50 bits per heavy atom. The lowest BCUT2D eigenvalue weighted by molar-refractivity contribution is -0.147. The van der Waals surface area contributed by atoms with Crippen LogP contribution in [0.2, 0.25) is 0 Å². The maximum Gasteiger partial charge on any atom is 0.451 e. The van der Waals surface area contributed by atoms with Crippen LogP contribution < -0.4 is 11.0 Å². The molecule has 2 heterocycles. The van der Waals surface area contributed by atoms with Crippen molar-refractivity contribution in [1.82, 2.24) is 24.6 Å². The van der Waals surface area contributed by atoms with E-state index in [1.165, 1.54) is 7.11 Å². The molecule has 1 aliphatic rings. The summed E-state index contributed by atoms with van der Waals surface area (Å²) in [5.74, 6) is -1.22. The van der Waals surface area contributed by atoms with Crippen LogP contribution in [0, 0.1) is 0 Å². The third kappa shape index (κ3) is 3.89. The predicted octanol–water partition coefficient (Wildman–Crippen LogP) is 0.594. The fraction of sp³-hybridized carbons (Fsp3) is 0.769. The van der Waals surface area contributed by atoms with Gasteiger partial charge in [0.1, 0.15) is 0 Å². The van der Waals surface area contributed by atoms with E-state index in [2.05, 4.69) is 10.4 Å². The molecule has 11 heteroatoms. The van der Waals surface area contributed by atoms with Crippen LogP contribution in [0.25, 0.3) is 0 Å². The number of ether oxygens (including phenoxy) is 1. The number of carbonyl (C=O) groups is 1. The molecule has 2 rings (SSSR count). The first-order valence-electron chi connectivity index (χ1n) is 7.50. The van der Waals surface area contributed by atoms with E-state index in [-0.39, 0.29) is 6.03 Å². The van der Waals surface area contributed by atoms with E-state index in [9.17, 15) is 22.8 Å². The first-order valence-corrected chi connectivity index (χ1v) is 7.50. The smallest absolute Gasteiger partial charge is 0.383 e. The highest BCUT2D eigenvalue weighted by molar-refractivity contribution is 5.74. The summed E-state index contributed by atoms with van der Waals surface area (Å²) < 4.78 is 44.7. The van der Waals surface area contributed by atoms with Crippen LogP contribution >= 0.6 is 0 Å². The standard InChI is InChI=1S/C13H20F3N5O3/c1-19-10(13(14,15)16)18-21(12(19)23)9-3-6-20(7-4-9)11(22)17-5-8-24-2/h9H,3-8H2,1-2H3,(H,17,22). The van der Waals surface area contributed by atoms with Gasteiger partial charge in [0.25, 0.3) is 0 Å². The zero-order valence-corrected chi connectivity index (χ0v) is 13.5. The van der Waals surface area contributed by atoms with Gasteiger partial charge in [-0.3, -0.25) is 4.57 Å². The van der Waals surface area contributed by atoms with E-state index < -0.39 is 23.7 Å². The van der Waals surface area contributed by atoms with E-state index in [1.54, 1.807) is 4.90 Å². The minimum Gasteiger partial charge on any atom is -0.383 e. The maximum atomic E-state index is 12.8. The number of likely N-dealkylation sites (tertiary alicyclic amines) is 1. The van der Waals surface area contributed by atoms with Crippen LogP contribution in [-0.2, 0) is 18.0 Å². The van der Waals surface area contributed by atoms with Crippen molar-refractivity contribution in [3.8, 4) is 0 Å². The molecule has 0 aliphatic carbocycles. The van der Waals surface area contributed by atoms with Crippen molar-refractivity contribution >= 4 is 6.03 Å². The molecule has 1 fully saturated rings. The molecule has 0 radical (unpaired) electrons. The van der Waals surface area contributed by atoms with Crippen LogP contribution in [0.3, 0.4) is 0 Å². The molecular formula is C13H20F3N5O3. The summed E-state index contributed by atoms with van der Waals surface area (Å²) in [7, 11) is 2.57. The first kappa shape index (κ1) is 18.3. The molecule has 1 aromatic rings. The van der Waals surface area contributed by atoms with Gasteiger partial charge in [-0.15, -0.1) is 5.10 Å². The van der Waals surface area contributed by atoms with Gasteiger partial charge in [-0.2, -0.15) is 13.2 Å². The van der Waals surface area contributed by atoms with E-state index in [0.29, 0.717) is 43.6 Å². The average molecular weight is 351 g/mol. The topological polar surface area (TPSA) is 81.4 Å². The molecule has 136 valence electrons. The number of amides is 2. The second-order valence-electron chi connectivity index (χ2n) is 5.55. The molecule has 0 spiro atoms. The predicted molar refractivity (Wildman–Crippen MR) is 77.6 cm³/mol. The van der Waals surface area contributed by atoms with Crippen molar-refractivity contribution in [2.45, 2.75) is 25.1 Å². The van der Waals surface area contributed by atoms with Crippen LogP contribution in [0.1, 0.15) is 24.7 Å². The minimum atomic E-state index is -4.68. The molecule has 0 bridgehead atoms. The molecule has 2 amide bonds. The summed E-state index contributed by atoms with van der Waals surface area (Å²) in [6, 6.07) is -0.710. The minimum absolute atomic E-state index is 0.255. The lowest BCUT2D eigenvalue weighted by Crippen LogP contribution is -2.46.